The fraction of sp³-hybridized carbons (Fsp3) is 0.750. The van der Waals surface area contributed by atoms with Crippen LogP contribution in [0.3, 0.4) is 0 Å². The van der Waals surface area contributed by atoms with Crippen molar-refractivity contribution in [1.82, 2.24) is 0 Å². The third kappa shape index (κ3) is 15.3. The summed E-state index contributed by atoms with van der Waals surface area (Å²) in [6, 6.07) is 5.34. The maximum atomic E-state index is 12.8. The summed E-state index contributed by atoms with van der Waals surface area (Å²) in [7, 11) is 0. The third-order valence-corrected chi connectivity index (χ3v) is 6.82. The van der Waals surface area contributed by atoms with Gasteiger partial charge in [0.05, 0.1) is 24.3 Å². The Morgan fingerprint density at radius 2 is 1.00 bits per heavy atom. The van der Waals surface area contributed by atoms with Gasteiger partial charge in [-0.2, -0.15) is 0 Å². The number of benzene rings is 1. The highest BCUT2D eigenvalue weighted by molar-refractivity contribution is 5.94. The number of aryl methyl sites for hydroxylation is 1. The van der Waals surface area contributed by atoms with Crippen molar-refractivity contribution < 1.29 is 19.1 Å². The van der Waals surface area contributed by atoms with Gasteiger partial charge in [-0.3, -0.25) is 0 Å². The van der Waals surface area contributed by atoms with E-state index < -0.39 is 0 Å². The molecule has 0 aliphatic rings. The van der Waals surface area contributed by atoms with Crippen molar-refractivity contribution >= 4 is 11.9 Å². The standard InChI is InChI=1S/C32H54O4/c1-4-7-10-13-16-19-22-28-27-29(31(33)35-25-20-17-14-11-8-5-2)23-24-30(28)32(34)36-26-21-18-15-12-9-6-3/h23-24,27H,4-22,25-26H2,1-3H3. The highest BCUT2D eigenvalue weighted by Crippen LogP contribution is 2.19. The summed E-state index contributed by atoms with van der Waals surface area (Å²) >= 11 is 0. The van der Waals surface area contributed by atoms with Crippen LogP contribution in [0.4, 0.5) is 0 Å². The number of ether oxygens (including phenoxy) is 2. The first-order valence-electron chi connectivity index (χ1n) is 15.1. The van der Waals surface area contributed by atoms with Crippen LogP contribution in [0, 0.1) is 0 Å². The van der Waals surface area contributed by atoms with Crippen LogP contribution < -0.4 is 0 Å². The minimum absolute atomic E-state index is 0.267. The average Bonchev–Trinajstić information content (AvgIpc) is 2.89. The minimum atomic E-state index is -0.292. The summed E-state index contributed by atoms with van der Waals surface area (Å²) in [4.78, 5) is 25.5. The van der Waals surface area contributed by atoms with Gasteiger partial charge < -0.3 is 9.47 Å². The second kappa shape index (κ2) is 22.4. The van der Waals surface area contributed by atoms with Gasteiger partial charge >= 0.3 is 11.9 Å². The lowest BCUT2D eigenvalue weighted by molar-refractivity contribution is 0.0482. The van der Waals surface area contributed by atoms with Gasteiger partial charge in [0, 0.05) is 0 Å². The van der Waals surface area contributed by atoms with Gasteiger partial charge in [0.15, 0.2) is 0 Å². The van der Waals surface area contributed by atoms with Crippen LogP contribution >= 0.6 is 0 Å². The average molecular weight is 503 g/mol. The Kier molecular flexibility index (Phi) is 20.0. The Labute approximate surface area is 221 Å². The normalized spacial score (nSPS) is 11.0. The molecular weight excluding hydrogens is 448 g/mol. The molecule has 0 aliphatic carbocycles. The molecule has 1 aromatic rings. The Hall–Kier alpha value is -1.84. The summed E-state index contributed by atoms with van der Waals surface area (Å²) in [5.41, 5.74) is 2.05. The SMILES string of the molecule is CCCCCCCCOC(=O)c1ccc(C(=O)OCCCCCCCC)c(CCCCCCCC)c1. The van der Waals surface area contributed by atoms with Crippen molar-refractivity contribution in [3.8, 4) is 0 Å². The van der Waals surface area contributed by atoms with Crippen LogP contribution in [0.5, 0.6) is 0 Å². The zero-order chi connectivity index (χ0) is 26.3. The molecule has 0 fully saturated rings. The van der Waals surface area contributed by atoms with Crippen LogP contribution in [0.25, 0.3) is 0 Å². The van der Waals surface area contributed by atoms with Crippen molar-refractivity contribution in [2.45, 2.75) is 143 Å². The molecule has 0 saturated carbocycles. The van der Waals surface area contributed by atoms with E-state index >= 15 is 0 Å². The highest BCUT2D eigenvalue weighted by Gasteiger charge is 2.16. The molecule has 0 bridgehead atoms. The summed E-state index contributed by atoms with van der Waals surface area (Å²) in [5.74, 6) is -0.559. The van der Waals surface area contributed by atoms with Crippen molar-refractivity contribution in [2.24, 2.45) is 0 Å². The fourth-order valence-electron chi connectivity index (χ4n) is 4.48. The molecule has 206 valence electrons. The van der Waals surface area contributed by atoms with Crippen molar-refractivity contribution in [2.75, 3.05) is 13.2 Å². The molecule has 0 atom stereocenters. The van der Waals surface area contributed by atoms with Crippen LogP contribution in [0.1, 0.15) is 163 Å². The Morgan fingerprint density at radius 3 is 1.53 bits per heavy atom. The quantitative estimate of drug-likeness (QED) is 0.110. The van der Waals surface area contributed by atoms with Gasteiger partial charge in [0.2, 0.25) is 0 Å². The van der Waals surface area contributed by atoms with Gasteiger partial charge in [-0.1, -0.05) is 117 Å². The lowest BCUT2D eigenvalue weighted by atomic mass is 9.98. The Bertz CT molecular complexity index is 697. The van der Waals surface area contributed by atoms with E-state index in [-0.39, 0.29) is 11.9 Å². The summed E-state index contributed by atoms with van der Waals surface area (Å²) in [5, 5.41) is 0. The monoisotopic (exact) mass is 502 g/mol. The molecule has 0 N–H and O–H groups in total. The molecule has 1 rings (SSSR count). The number of hydrogen-bond donors (Lipinski definition) is 0. The highest BCUT2D eigenvalue weighted by atomic mass is 16.5. The topological polar surface area (TPSA) is 52.6 Å². The van der Waals surface area contributed by atoms with E-state index in [4.69, 9.17) is 9.47 Å². The molecule has 4 heteroatoms. The molecule has 0 heterocycles. The van der Waals surface area contributed by atoms with E-state index in [1.165, 1.54) is 77.0 Å². The van der Waals surface area contributed by atoms with Crippen molar-refractivity contribution in [3.63, 3.8) is 0 Å². The van der Waals surface area contributed by atoms with E-state index in [1.54, 1.807) is 12.1 Å². The van der Waals surface area contributed by atoms with Gasteiger partial charge in [-0.25, -0.2) is 9.59 Å². The Morgan fingerprint density at radius 1 is 0.556 bits per heavy atom. The van der Waals surface area contributed by atoms with Crippen molar-refractivity contribution in [3.05, 3.63) is 34.9 Å². The molecule has 0 aliphatic heterocycles. The molecule has 0 saturated heterocycles. The van der Waals surface area contributed by atoms with Gasteiger partial charge in [0.25, 0.3) is 0 Å². The maximum Gasteiger partial charge on any atom is 0.338 e. The summed E-state index contributed by atoms with van der Waals surface area (Å²) in [6.45, 7) is 7.57. The first kappa shape index (κ1) is 32.2. The zero-order valence-corrected chi connectivity index (χ0v) is 23.7. The smallest absolute Gasteiger partial charge is 0.338 e. The van der Waals surface area contributed by atoms with Crippen LogP contribution in [-0.4, -0.2) is 25.2 Å². The van der Waals surface area contributed by atoms with Crippen LogP contribution in [0.2, 0.25) is 0 Å². The lowest BCUT2D eigenvalue weighted by Gasteiger charge is -2.12. The van der Waals surface area contributed by atoms with E-state index in [1.807, 2.05) is 6.07 Å². The molecule has 0 radical (unpaired) electrons. The summed E-state index contributed by atoms with van der Waals surface area (Å²) < 4.78 is 11.1. The maximum absolute atomic E-state index is 12.8. The third-order valence-electron chi connectivity index (χ3n) is 6.82. The largest absolute Gasteiger partial charge is 0.462 e. The number of rotatable bonds is 23. The van der Waals surface area contributed by atoms with Crippen LogP contribution in [-0.2, 0) is 15.9 Å². The van der Waals surface area contributed by atoms with E-state index in [9.17, 15) is 9.59 Å². The van der Waals surface area contributed by atoms with Gasteiger partial charge in [-0.15, -0.1) is 0 Å². The molecule has 0 aromatic heterocycles. The first-order valence-corrected chi connectivity index (χ1v) is 15.1. The molecule has 4 nitrogen and oxygen atoms in total. The van der Waals surface area contributed by atoms with Gasteiger partial charge in [-0.05, 0) is 49.4 Å². The number of carbonyl (C=O) groups excluding carboxylic acids is 2. The lowest BCUT2D eigenvalue weighted by Crippen LogP contribution is -2.12. The number of esters is 2. The molecule has 1 aromatic carbocycles. The first-order chi connectivity index (χ1) is 17.6. The fourth-order valence-corrected chi connectivity index (χ4v) is 4.48. The van der Waals surface area contributed by atoms with Crippen molar-refractivity contribution in [1.29, 1.82) is 0 Å². The second-order valence-electron chi connectivity index (χ2n) is 10.2. The molecule has 0 unspecified atom stereocenters. The van der Waals surface area contributed by atoms with Gasteiger partial charge in [0.1, 0.15) is 0 Å². The zero-order valence-electron chi connectivity index (χ0n) is 23.7. The minimum Gasteiger partial charge on any atom is -0.462 e. The van der Waals surface area contributed by atoms with E-state index in [0.29, 0.717) is 24.3 Å². The molecular formula is C32H54O4. The number of carbonyl (C=O) groups is 2. The molecule has 36 heavy (non-hydrogen) atoms. The van der Waals surface area contributed by atoms with Crippen LogP contribution in [0.15, 0.2) is 18.2 Å². The second-order valence-corrected chi connectivity index (χ2v) is 10.2. The molecule has 0 spiro atoms. The number of hydrogen-bond acceptors (Lipinski definition) is 4. The van der Waals surface area contributed by atoms with E-state index in [2.05, 4.69) is 20.8 Å². The number of unbranched alkanes of at least 4 members (excludes halogenated alkanes) is 15. The predicted molar refractivity (Wildman–Crippen MR) is 151 cm³/mol. The molecule has 0 amide bonds. The van der Waals surface area contributed by atoms with E-state index in [0.717, 1.165) is 50.5 Å². The Balaban J connectivity index is 2.63. The predicted octanol–water partition coefficient (Wildman–Crippen LogP) is 9.62. The summed E-state index contributed by atoms with van der Waals surface area (Å²) in [6.07, 6.45) is 21.8.